The highest BCUT2D eigenvalue weighted by molar-refractivity contribution is 6.18. The molecule has 0 radical (unpaired) electrons. The molecule has 3 nitrogen and oxygen atoms in total. The van der Waals surface area contributed by atoms with Crippen LogP contribution in [-0.2, 0) is 4.74 Å². The highest BCUT2D eigenvalue weighted by Gasteiger charge is 2.12. The zero-order valence-electron chi connectivity index (χ0n) is 17.5. The van der Waals surface area contributed by atoms with Gasteiger partial charge in [-0.3, -0.25) is 0 Å². The van der Waals surface area contributed by atoms with Crippen molar-refractivity contribution in [1.29, 1.82) is 0 Å². The zero-order chi connectivity index (χ0) is 20.8. The number of carbonyl (C=O) groups is 1. The largest absolute Gasteiger partial charge is 0.513 e. The van der Waals surface area contributed by atoms with Crippen LogP contribution >= 0.6 is 0 Å². The molecule has 154 valence electrons. The Balaban J connectivity index is 1.49. The van der Waals surface area contributed by atoms with Crippen LogP contribution < -0.4 is 4.74 Å². The number of hydrogen-bond donors (Lipinski definition) is 0. The maximum Gasteiger partial charge on any atom is 0.513 e. The van der Waals surface area contributed by atoms with Crippen LogP contribution in [0.2, 0.25) is 0 Å². The number of unbranched alkanes of at least 4 members (excludes halogenated alkanes) is 5. The van der Waals surface area contributed by atoms with Gasteiger partial charge in [0.15, 0.2) is 0 Å². The second kappa shape index (κ2) is 9.62. The van der Waals surface area contributed by atoms with Gasteiger partial charge < -0.3 is 9.47 Å². The van der Waals surface area contributed by atoms with Crippen molar-refractivity contribution < 1.29 is 14.3 Å². The van der Waals surface area contributed by atoms with E-state index in [-0.39, 0.29) is 0 Å². The third-order valence-corrected chi connectivity index (χ3v) is 5.65. The molecule has 4 rings (SSSR count). The first kappa shape index (κ1) is 20.2. The molecule has 0 saturated heterocycles. The summed E-state index contributed by atoms with van der Waals surface area (Å²) in [5, 5.41) is 6.77. The van der Waals surface area contributed by atoms with E-state index in [2.05, 4.69) is 55.5 Å². The summed E-state index contributed by atoms with van der Waals surface area (Å²) in [6.07, 6.45) is 6.29. The van der Waals surface area contributed by atoms with E-state index in [1.54, 1.807) is 0 Å². The van der Waals surface area contributed by atoms with Crippen LogP contribution in [-0.4, -0.2) is 12.8 Å². The Kier molecular flexibility index (Phi) is 6.48. The fraction of sp³-hybridized carbons (Fsp3) is 0.296. The van der Waals surface area contributed by atoms with E-state index in [1.165, 1.54) is 41.8 Å². The molecule has 0 saturated carbocycles. The zero-order valence-corrected chi connectivity index (χ0v) is 17.5. The number of ether oxygens (including phenoxy) is 2. The van der Waals surface area contributed by atoms with E-state index >= 15 is 0 Å². The number of hydrogen-bond acceptors (Lipinski definition) is 3. The summed E-state index contributed by atoms with van der Waals surface area (Å²) in [6.45, 7) is 2.61. The molecule has 0 spiro atoms. The first-order valence-corrected chi connectivity index (χ1v) is 11.0. The predicted octanol–water partition coefficient (Wildman–Crippen LogP) is 8.02. The molecule has 0 heterocycles. The van der Waals surface area contributed by atoms with Gasteiger partial charge in [-0.25, -0.2) is 4.79 Å². The van der Waals surface area contributed by atoms with Gasteiger partial charge in [0.1, 0.15) is 5.75 Å². The Hall–Kier alpha value is -3.07. The molecule has 0 aliphatic carbocycles. The van der Waals surface area contributed by atoms with Crippen molar-refractivity contribution in [2.24, 2.45) is 0 Å². The SMILES string of the molecule is CCCCCCCCOC(=O)Oc1cccc2c1ccc1c3ccccc3ccc21. The first-order valence-electron chi connectivity index (χ1n) is 11.0. The van der Waals surface area contributed by atoms with Gasteiger partial charge in [0.25, 0.3) is 0 Å². The second-order valence-electron chi connectivity index (χ2n) is 7.77. The van der Waals surface area contributed by atoms with E-state index in [9.17, 15) is 4.79 Å². The van der Waals surface area contributed by atoms with Gasteiger partial charge in [0.2, 0.25) is 0 Å². The smallest absolute Gasteiger partial charge is 0.434 e. The molecule has 30 heavy (non-hydrogen) atoms. The summed E-state index contributed by atoms with van der Waals surface area (Å²) < 4.78 is 10.8. The minimum absolute atomic E-state index is 0.407. The van der Waals surface area contributed by atoms with Crippen LogP contribution in [0.1, 0.15) is 45.4 Å². The lowest BCUT2D eigenvalue weighted by Crippen LogP contribution is -2.11. The average molecular weight is 401 g/mol. The Morgan fingerprint density at radius 2 is 1.33 bits per heavy atom. The quantitative estimate of drug-likeness (QED) is 0.130. The van der Waals surface area contributed by atoms with Gasteiger partial charge in [0, 0.05) is 5.39 Å². The topological polar surface area (TPSA) is 35.5 Å². The molecule has 0 atom stereocenters. The minimum Gasteiger partial charge on any atom is -0.434 e. The van der Waals surface area contributed by atoms with Gasteiger partial charge >= 0.3 is 6.16 Å². The summed E-state index contributed by atoms with van der Waals surface area (Å²) in [5.41, 5.74) is 0. The summed E-state index contributed by atoms with van der Waals surface area (Å²) in [6, 6.07) is 22.6. The van der Waals surface area contributed by atoms with E-state index in [4.69, 9.17) is 9.47 Å². The molecular formula is C27H28O3. The van der Waals surface area contributed by atoms with Crippen molar-refractivity contribution >= 4 is 38.5 Å². The summed E-state index contributed by atoms with van der Waals surface area (Å²) in [7, 11) is 0. The van der Waals surface area contributed by atoms with Gasteiger partial charge in [0.05, 0.1) is 6.61 Å². The maximum absolute atomic E-state index is 12.2. The molecule has 0 aromatic heterocycles. The van der Waals surface area contributed by atoms with Gasteiger partial charge in [-0.1, -0.05) is 93.6 Å². The first-order chi connectivity index (χ1) is 14.8. The molecule has 0 amide bonds. The van der Waals surface area contributed by atoms with Crippen molar-refractivity contribution in [3.63, 3.8) is 0 Å². The lowest BCUT2D eigenvalue weighted by Gasteiger charge is -2.11. The monoisotopic (exact) mass is 400 g/mol. The number of rotatable bonds is 8. The van der Waals surface area contributed by atoms with Crippen molar-refractivity contribution in [3.05, 3.63) is 66.7 Å². The highest BCUT2D eigenvalue weighted by atomic mass is 16.7. The van der Waals surface area contributed by atoms with Crippen LogP contribution in [0.5, 0.6) is 5.75 Å². The molecule has 0 aliphatic rings. The van der Waals surface area contributed by atoms with Crippen LogP contribution in [0.15, 0.2) is 66.7 Å². The van der Waals surface area contributed by atoms with Crippen LogP contribution in [0, 0.1) is 0 Å². The lowest BCUT2D eigenvalue weighted by atomic mass is 9.97. The van der Waals surface area contributed by atoms with Crippen LogP contribution in [0.25, 0.3) is 32.3 Å². The molecule has 0 N–H and O–H groups in total. The van der Waals surface area contributed by atoms with Crippen molar-refractivity contribution in [1.82, 2.24) is 0 Å². The minimum atomic E-state index is -0.630. The van der Waals surface area contributed by atoms with Crippen LogP contribution in [0.3, 0.4) is 0 Å². The van der Waals surface area contributed by atoms with E-state index < -0.39 is 6.16 Å². The van der Waals surface area contributed by atoms with Crippen LogP contribution in [0.4, 0.5) is 4.79 Å². The van der Waals surface area contributed by atoms with E-state index in [0.717, 1.165) is 29.0 Å². The fourth-order valence-corrected chi connectivity index (χ4v) is 4.07. The Labute approximate surface area is 177 Å². The third kappa shape index (κ3) is 4.40. The normalized spacial score (nSPS) is 11.2. The summed E-state index contributed by atoms with van der Waals surface area (Å²) >= 11 is 0. The van der Waals surface area contributed by atoms with E-state index in [1.807, 2.05) is 18.2 Å². The van der Waals surface area contributed by atoms with Gasteiger partial charge in [-0.15, -0.1) is 0 Å². The second-order valence-corrected chi connectivity index (χ2v) is 7.77. The summed E-state index contributed by atoms with van der Waals surface area (Å²) in [5.74, 6) is 0.538. The lowest BCUT2D eigenvalue weighted by molar-refractivity contribution is 0.0978. The third-order valence-electron chi connectivity index (χ3n) is 5.65. The van der Waals surface area contributed by atoms with Crippen molar-refractivity contribution in [2.75, 3.05) is 6.61 Å². The van der Waals surface area contributed by atoms with Crippen molar-refractivity contribution in [3.8, 4) is 5.75 Å². The fourth-order valence-electron chi connectivity index (χ4n) is 4.07. The number of carbonyl (C=O) groups excluding carboxylic acids is 1. The highest BCUT2D eigenvalue weighted by Crippen LogP contribution is 2.35. The van der Waals surface area contributed by atoms with Gasteiger partial charge in [-0.05, 0) is 45.5 Å². The number of benzene rings is 4. The predicted molar refractivity (Wildman–Crippen MR) is 124 cm³/mol. The Morgan fingerprint density at radius 1 is 0.667 bits per heavy atom. The van der Waals surface area contributed by atoms with Gasteiger partial charge in [-0.2, -0.15) is 0 Å². The molecular weight excluding hydrogens is 372 g/mol. The molecule has 0 fully saturated rings. The molecule has 0 unspecified atom stereocenters. The molecule has 0 bridgehead atoms. The maximum atomic E-state index is 12.2. The molecule has 4 aromatic carbocycles. The Morgan fingerprint density at radius 3 is 2.23 bits per heavy atom. The van der Waals surface area contributed by atoms with E-state index in [0.29, 0.717) is 12.4 Å². The molecule has 0 aliphatic heterocycles. The Bertz CT molecular complexity index is 1160. The summed E-state index contributed by atoms with van der Waals surface area (Å²) in [4.78, 5) is 12.2. The standard InChI is InChI=1S/C27H28O3/c1-2-3-4-5-6-9-19-29-27(28)30-26-14-10-13-22-24-16-15-20-11-7-8-12-21(20)23(24)17-18-25(22)26/h7-8,10-18H,2-6,9,19H2,1H3. The van der Waals surface area contributed by atoms with Crippen molar-refractivity contribution in [2.45, 2.75) is 45.4 Å². The average Bonchev–Trinajstić information content (AvgIpc) is 2.78. The number of fused-ring (bicyclic) bond motifs is 5. The molecule has 3 heteroatoms. The molecule has 4 aromatic rings.